The summed E-state index contributed by atoms with van der Waals surface area (Å²) < 4.78 is 5.12. The molecule has 90 valence electrons. The van der Waals surface area contributed by atoms with Crippen molar-refractivity contribution < 1.29 is 4.42 Å². The highest BCUT2D eigenvalue weighted by Crippen LogP contribution is 2.01. The van der Waals surface area contributed by atoms with Crippen molar-refractivity contribution in [3.05, 3.63) is 66.1 Å². The average molecular weight is 239 g/mol. The summed E-state index contributed by atoms with van der Waals surface area (Å²) in [5.41, 5.74) is 6.62. The molecule has 2 aromatic rings. The second-order valence-corrected chi connectivity index (χ2v) is 3.49. The molecule has 2 N–H and O–H groups in total. The fraction of sp³-hybridized carbons (Fsp3) is 0. The standard InChI is InChI=1S/C14H13N3O/c15-14(12-6-2-1-3-7-12)17-16-10-4-8-13-9-5-11-18-13/h1-11H,(H2,15,17)/b8-4+,16-10+. The largest absolute Gasteiger partial charge is 0.465 e. The number of benzene rings is 1. The lowest BCUT2D eigenvalue weighted by molar-refractivity contribution is 0.557. The van der Waals surface area contributed by atoms with E-state index in [1.54, 1.807) is 24.6 Å². The monoisotopic (exact) mass is 239 g/mol. The van der Waals surface area contributed by atoms with Crippen LogP contribution in [0.1, 0.15) is 11.3 Å². The third-order valence-electron chi connectivity index (χ3n) is 2.19. The topological polar surface area (TPSA) is 63.9 Å². The van der Waals surface area contributed by atoms with Crippen LogP contribution < -0.4 is 5.73 Å². The molecule has 0 radical (unpaired) electrons. The van der Waals surface area contributed by atoms with Gasteiger partial charge in [-0.1, -0.05) is 30.3 Å². The van der Waals surface area contributed by atoms with Crippen LogP contribution in [0.4, 0.5) is 0 Å². The molecule has 0 saturated carbocycles. The van der Waals surface area contributed by atoms with Crippen LogP contribution in [0.25, 0.3) is 6.08 Å². The first kappa shape index (κ1) is 11.9. The van der Waals surface area contributed by atoms with Crippen LogP contribution in [-0.2, 0) is 0 Å². The summed E-state index contributed by atoms with van der Waals surface area (Å²) in [6, 6.07) is 13.2. The molecule has 1 heterocycles. The summed E-state index contributed by atoms with van der Waals surface area (Å²) in [6.07, 6.45) is 6.69. The van der Waals surface area contributed by atoms with E-state index in [1.165, 1.54) is 0 Å². The Morgan fingerprint density at radius 3 is 2.67 bits per heavy atom. The van der Waals surface area contributed by atoms with Crippen molar-refractivity contribution >= 4 is 18.1 Å². The molecule has 4 nitrogen and oxygen atoms in total. The van der Waals surface area contributed by atoms with Gasteiger partial charge in [-0.2, -0.15) is 5.10 Å². The average Bonchev–Trinajstić information content (AvgIpc) is 2.92. The molecule has 18 heavy (non-hydrogen) atoms. The van der Waals surface area contributed by atoms with E-state index in [0.29, 0.717) is 5.84 Å². The third-order valence-corrected chi connectivity index (χ3v) is 2.19. The third kappa shape index (κ3) is 3.45. The maximum absolute atomic E-state index is 5.77. The van der Waals surface area contributed by atoms with Crippen molar-refractivity contribution in [1.82, 2.24) is 0 Å². The van der Waals surface area contributed by atoms with E-state index < -0.39 is 0 Å². The number of amidine groups is 1. The fourth-order valence-corrected chi connectivity index (χ4v) is 1.32. The molecule has 0 saturated heterocycles. The minimum Gasteiger partial charge on any atom is -0.465 e. The van der Waals surface area contributed by atoms with Crippen LogP contribution in [0.15, 0.2) is 69.4 Å². The van der Waals surface area contributed by atoms with Gasteiger partial charge in [0, 0.05) is 11.8 Å². The minimum atomic E-state index is 0.387. The highest BCUT2D eigenvalue weighted by atomic mass is 16.3. The number of nitrogens with zero attached hydrogens (tertiary/aromatic N) is 2. The van der Waals surface area contributed by atoms with Crippen LogP contribution >= 0.6 is 0 Å². The zero-order valence-electron chi connectivity index (χ0n) is 9.73. The predicted molar refractivity (Wildman–Crippen MR) is 73.4 cm³/mol. The van der Waals surface area contributed by atoms with E-state index in [1.807, 2.05) is 42.5 Å². The molecule has 1 aromatic heterocycles. The molecule has 0 unspecified atom stereocenters. The summed E-state index contributed by atoms with van der Waals surface area (Å²) in [5, 5.41) is 7.75. The minimum absolute atomic E-state index is 0.387. The van der Waals surface area contributed by atoms with E-state index in [9.17, 15) is 0 Å². The van der Waals surface area contributed by atoms with Gasteiger partial charge < -0.3 is 10.2 Å². The summed E-state index contributed by atoms with van der Waals surface area (Å²) in [5.74, 6) is 1.15. The molecule has 0 aliphatic heterocycles. The lowest BCUT2D eigenvalue weighted by Gasteiger charge is -1.95. The first-order valence-electron chi connectivity index (χ1n) is 5.48. The number of hydrogen-bond acceptors (Lipinski definition) is 3. The van der Waals surface area contributed by atoms with Crippen molar-refractivity contribution in [2.75, 3.05) is 0 Å². The summed E-state index contributed by atoms with van der Waals surface area (Å²) in [6.45, 7) is 0. The molecule has 4 heteroatoms. The van der Waals surface area contributed by atoms with Crippen molar-refractivity contribution in [2.24, 2.45) is 15.9 Å². The lowest BCUT2D eigenvalue weighted by Crippen LogP contribution is -2.12. The Morgan fingerprint density at radius 1 is 1.11 bits per heavy atom. The van der Waals surface area contributed by atoms with Gasteiger partial charge >= 0.3 is 0 Å². The van der Waals surface area contributed by atoms with Crippen LogP contribution in [0.2, 0.25) is 0 Å². The maximum Gasteiger partial charge on any atom is 0.153 e. The highest BCUT2D eigenvalue weighted by Gasteiger charge is 1.93. The van der Waals surface area contributed by atoms with E-state index in [2.05, 4.69) is 10.2 Å². The van der Waals surface area contributed by atoms with Crippen LogP contribution in [0.3, 0.4) is 0 Å². The van der Waals surface area contributed by atoms with Crippen LogP contribution in [-0.4, -0.2) is 12.1 Å². The van der Waals surface area contributed by atoms with Gasteiger partial charge in [-0.05, 0) is 24.3 Å². The Morgan fingerprint density at radius 2 is 1.94 bits per heavy atom. The first-order chi connectivity index (χ1) is 8.86. The SMILES string of the molecule is N\C(=N/N=C/C=C/c1ccco1)c1ccccc1. The Kier molecular flexibility index (Phi) is 4.08. The Balaban J connectivity index is 1.94. The molecule has 0 bridgehead atoms. The molecular weight excluding hydrogens is 226 g/mol. The quantitative estimate of drug-likeness (QED) is 0.506. The molecule has 1 aromatic carbocycles. The normalized spacial score (nSPS) is 12.6. The van der Waals surface area contributed by atoms with Gasteiger partial charge in [-0.25, -0.2) is 0 Å². The number of allylic oxidation sites excluding steroid dienone is 1. The number of nitrogens with two attached hydrogens (primary N) is 1. The number of furan rings is 1. The van der Waals surface area contributed by atoms with E-state index in [-0.39, 0.29) is 0 Å². The van der Waals surface area contributed by atoms with Crippen LogP contribution in [0.5, 0.6) is 0 Å². The molecule has 2 rings (SSSR count). The molecule has 0 amide bonds. The maximum atomic E-state index is 5.77. The summed E-state index contributed by atoms with van der Waals surface area (Å²) in [7, 11) is 0. The number of rotatable bonds is 4. The zero-order valence-corrected chi connectivity index (χ0v) is 9.73. The molecule has 0 spiro atoms. The predicted octanol–water partition coefficient (Wildman–Crippen LogP) is 2.68. The Labute approximate surface area is 105 Å². The molecule has 0 atom stereocenters. The van der Waals surface area contributed by atoms with Crippen molar-refractivity contribution in [1.29, 1.82) is 0 Å². The fourth-order valence-electron chi connectivity index (χ4n) is 1.32. The van der Waals surface area contributed by atoms with Gasteiger partial charge in [-0.15, -0.1) is 5.10 Å². The van der Waals surface area contributed by atoms with Gasteiger partial charge in [-0.3, -0.25) is 0 Å². The summed E-state index contributed by atoms with van der Waals surface area (Å²) >= 11 is 0. The first-order valence-corrected chi connectivity index (χ1v) is 5.48. The molecular formula is C14H13N3O. The van der Waals surface area contributed by atoms with Gasteiger partial charge in [0.1, 0.15) is 5.76 Å². The van der Waals surface area contributed by atoms with E-state index >= 15 is 0 Å². The molecule has 0 aliphatic rings. The molecule has 0 aliphatic carbocycles. The van der Waals surface area contributed by atoms with Crippen molar-refractivity contribution in [3.8, 4) is 0 Å². The van der Waals surface area contributed by atoms with Gasteiger partial charge in [0.15, 0.2) is 5.84 Å². The number of hydrogen-bond donors (Lipinski definition) is 1. The Hall–Kier alpha value is -2.62. The van der Waals surface area contributed by atoms with E-state index in [0.717, 1.165) is 11.3 Å². The van der Waals surface area contributed by atoms with Crippen LogP contribution in [0, 0.1) is 0 Å². The highest BCUT2D eigenvalue weighted by molar-refractivity contribution is 5.97. The van der Waals surface area contributed by atoms with Gasteiger partial charge in [0.2, 0.25) is 0 Å². The zero-order chi connectivity index (χ0) is 12.6. The van der Waals surface area contributed by atoms with Gasteiger partial charge in [0.25, 0.3) is 0 Å². The van der Waals surface area contributed by atoms with Gasteiger partial charge in [0.05, 0.1) is 6.26 Å². The van der Waals surface area contributed by atoms with Crippen molar-refractivity contribution in [2.45, 2.75) is 0 Å². The van der Waals surface area contributed by atoms with Crippen molar-refractivity contribution in [3.63, 3.8) is 0 Å². The van der Waals surface area contributed by atoms with E-state index in [4.69, 9.17) is 10.2 Å². The smallest absolute Gasteiger partial charge is 0.153 e. The Bertz CT molecular complexity index is 554. The second-order valence-electron chi connectivity index (χ2n) is 3.49. The lowest BCUT2D eigenvalue weighted by atomic mass is 10.2. The molecule has 0 fully saturated rings. The summed E-state index contributed by atoms with van der Waals surface area (Å²) in [4.78, 5) is 0. The second kappa shape index (κ2) is 6.20.